The van der Waals surface area contributed by atoms with Gasteiger partial charge in [0, 0.05) is 39.3 Å². The molecule has 1 heterocycles. The number of carbonyl (C=O) groups excluding carboxylic acids is 1. The summed E-state index contributed by atoms with van der Waals surface area (Å²) in [6.45, 7) is 9.87. The minimum atomic E-state index is 0.279. The lowest BCUT2D eigenvalue weighted by atomic mass is 9.93. The van der Waals surface area contributed by atoms with E-state index in [0.29, 0.717) is 30.9 Å². The molecule has 1 rings (SSSR count). The summed E-state index contributed by atoms with van der Waals surface area (Å²) < 4.78 is 5.08. The number of piperidine rings is 1. The Bertz CT molecular complexity index is 258. The van der Waals surface area contributed by atoms with E-state index in [2.05, 4.69) is 26.1 Å². The van der Waals surface area contributed by atoms with Gasteiger partial charge in [0.05, 0.1) is 0 Å². The van der Waals surface area contributed by atoms with Crippen LogP contribution >= 0.6 is 0 Å². The van der Waals surface area contributed by atoms with E-state index in [9.17, 15) is 4.79 Å². The zero-order valence-corrected chi connectivity index (χ0v) is 12.2. The highest BCUT2D eigenvalue weighted by molar-refractivity contribution is 5.76. The Kier molecular flexibility index (Phi) is 6.65. The number of nitrogens with zero attached hydrogens (tertiary/aromatic N) is 1. The lowest BCUT2D eigenvalue weighted by Crippen LogP contribution is -2.50. The molecule has 0 spiro atoms. The molecule has 3 unspecified atom stereocenters. The van der Waals surface area contributed by atoms with Gasteiger partial charge in [0.1, 0.15) is 0 Å². The van der Waals surface area contributed by atoms with Crippen LogP contribution in [0, 0.1) is 11.8 Å². The van der Waals surface area contributed by atoms with Crippen molar-refractivity contribution in [2.24, 2.45) is 11.8 Å². The molecule has 1 amide bonds. The number of methoxy groups -OCH3 is 1. The van der Waals surface area contributed by atoms with Gasteiger partial charge >= 0.3 is 0 Å². The second kappa shape index (κ2) is 7.74. The van der Waals surface area contributed by atoms with Gasteiger partial charge in [0.25, 0.3) is 0 Å². The average molecular weight is 256 g/mol. The van der Waals surface area contributed by atoms with E-state index in [1.165, 1.54) is 0 Å². The number of likely N-dealkylation sites (tertiary alicyclic amines) is 1. The van der Waals surface area contributed by atoms with Crippen molar-refractivity contribution >= 4 is 5.91 Å². The zero-order valence-electron chi connectivity index (χ0n) is 12.2. The Morgan fingerprint density at radius 3 is 2.83 bits per heavy atom. The van der Waals surface area contributed by atoms with Gasteiger partial charge < -0.3 is 15.0 Å². The second-order valence-electron chi connectivity index (χ2n) is 5.53. The lowest BCUT2D eigenvalue weighted by molar-refractivity contribution is -0.134. The van der Waals surface area contributed by atoms with E-state index in [-0.39, 0.29) is 5.91 Å². The smallest absolute Gasteiger partial charge is 0.222 e. The van der Waals surface area contributed by atoms with Crippen LogP contribution in [0.25, 0.3) is 0 Å². The second-order valence-corrected chi connectivity index (χ2v) is 5.53. The molecule has 4 heteroatoms. The van der Waals surface area contributed by atoms with Gasteiger partial charge in [-0.15, -0.1) is 0 Å². The summed E-state index contributed by atoms with van der Waals surface area (Å²) in [5.74, 6) is 1.13. The summed E-state index contributed by atoms with van der Waals surface area (Å²) in [5, 5.41) is 3.50. The van der Waals surface area contributed by atoms with Gasteiger partial charge in [-0.3, -0.25) is 4.79 Å². The number of ether oxygens (including phenoxy) is 1. The number of carbonyl (C=O) groups is 1. The van der Waals surface area contributed by atoms with Gasteiger partial charge in [0.2, 0.25) is 5.91 Å². The van der Waals surface area contributed by atoms with Gasteiger partial charge in [-0.1, -0.05) is 20.8 Å². The van der Waals surface area contributed by atoms with Crippen LogP contribution in [0.3, 0.4) is 0 Å². The first-order valence-corrected chi connectivity index (χ1v) is 7.08. The van der Waals surface area contributed by atoms with Crippen molar-refractivity contribution in [2.75, 3.05) is 33.4 Å². The summed E-state index contributed by atoms with van der Waals surface area (Å²) >= 11 is 0. The van der Waals surface area contributed by atoms with E-state index in [0.717, 1.165) is 26.1 Å². The van der Waals surface area contributed by atoms with Gasteiger partial charge in [-0.05, 0) is 24.8 Å². The number of amides is 1. The summed E-state index contributed by atoms with van der Waals surface area (Å²) in [7, 11) is 1.69. The predicted molar refractivity (Wildman–Crippen MR) is 73.5 cm³/mol. The molecular formula is C14H28N2O2. The maximum Gasteiger partial charge on any atom is 0.222 e. The Morgan fingerprint density at radius 1 is 1.56 bits per heavy atom. The standard InChI is InChI=1S/C14H28N2O2/c1-5-15-13-6-7-16(9-12(13)3)14(17)8-11(2)10-18-4/h11-13,15H,5-10H2,1-4H3. The highest BCUT2D eigenvalue weighted by Gasteiger charge is 2.28. The molecule has 0 bridgehead atoms. The maximum absolute atomic E-state index is 12.1. The van der Waals surface area contributed by atoms with Crippen molar-refractivity contribution in [3.05, 3.63) is 0 Å². The van der Waals surface area contributed by atoms with Gasteiger partial charge in [0.15, 0.2) is 0 Å². The molecule has 1 saturated heterocycles. The molecular weight excluding hydrogens is 228 g/mol. The molecule has 0 aromatic heterocycles. The normalized spacial score (nSPS) is 26.1. The van der Waals surface area contributed by atoms with Crippen molar-refractivity contribution in [3.63, 3.8) is 0 Å². The van der Waals surface area contributed by atoms with E-state index in [4.69, 9.17) is 4.74 Å². The largest absolute Gasteiger partial charge is 0.384 e. The third kappa shape index (κ3) is 4.58. The van der Waals surface area contributed by atoms with Crippen LogP contribution in [0.15, 0.2) is 0 Å². The fourth-order valence-corrected chi connectivity index (χ4v) is 2.71. The van der Waals surface area contributed by atoms with Crippen molar-refractivity contribution in [2.45, 2.75) is 39.7 Å². The number of nitrogens with one attached hydrogen (secondary N) is 1. The minimum absolute atomic E-state index is 0.279. The van der Waals surface area contributed by atoms with Crippen molar-refractivity contribution < 1.29 is 9.53 Å². The molecule has 3 atom stereocenters. The summed E-state index contributed by atoms with van der Waals surface area (Å²) in [6.07, 6.45) is 1.67. The summed E-state index contributed by atoms with van der Waals surface area (Å²) in [6, 6.07) is 0.565. The summed E-state index contributed by atoms with van der Waals surface area (Å²) in [4.78, 5) is 14.2. The lowest BCUT2D eigenvalue weighted by Gasteiger charge is -2.37. The van der Waals surface area contributed by atoms with Gasteiger partial charge in [-0.25, -0.2) is 0 Å². The highest BCUT2D eigenvalue weighted by atomic mass is 16.5. The first kappa shape index (κ1) is 15.4. The van der Waals surface area contributed by atoms with Crippen LogP contribution in [0.1, 0.15) is 33.6 Å². The Morgan fingerprint density at radius 2 is 2.28 bits per heavy atom. The van der Waals surface area contributed by atoms with E-state index >= 15 is 0 Å². The molecule has 1 aliphatic heterocycles. The Labute approximate surface area is 111 Å². The maximum atomic E-state index is 12.1. The zero-order chi connectivity index (χ0) is 13.5. The fourth-order valence-electron chi connectivity index (χ4n) is 2.71. The van der Waals surface area contributed by atoms with Crippen molar-refractivity contribution in [1.29, 1.82) is 0 Å². The Balaban J connectivity index is 2.38. The van der Waals surface area contributed by atoms with Crippen LogP contribution in [-0.2, 0) is 9.53 Å². The molecule has 1 aliphatic rings. The minimum Gasteiger partial charge on any atom is -0.384 e. The van der Waals surface area contributed by atoms with Crippen molar-refractivity contribution in [3.8, 4) is 0 Å². The Hall–Kier alpha value is -0.610. The van der Waals surface area contributed by atoms with E-state index in [1.807, 2.05) is 4.90 Å². The van der Waals surface area contributed by atoms with Crippen LogP contribution in [0.5, 0.6) is 0 Å². The SMILES string of the molecule is CCNC1CCN(C(=O)CC(C)COC)CC1C. The molecule has 0 aliphatic carbocycles. The first-order valence-electron chi connectivity index (χ1n) is 7.08. The van der Waals surface area contributed by atoms with Crippen LogP contribution in [0.2, 0.25) is 0 Å². The monoisotopic (exact) mass is 256 g/mol. The van der Waals surface area contributed by atoms with Crippen LogP contribution < -0.4 is 5.32 Å². The molecule has 0 aromatic carbocycles. The molecule has 1 fully saturated rings. The number of rotatable bonds is 6. The van der Waals surface area contributed by atoms with Crippen molar-refractivity contribution in [1.82, 2.24) is 10.2 Å². The van der Waals surface area contributed by atoms with E-state index < -0.39 is 0 Å². The molecule has 106 valence electrons. The van der Waals surface area contributed by atoms with Crippen LogP contribution in [-0.4, -0.2) is 50.2 Å². The first-order chi connectivity index (χ1) is 8.58. The number of hydrogen-bond donors (Lipinski definition) is 1. The van der Waals surface area contributed by atoms with E-state index in [1.54, 1.807) is 7.11 Å². The topological polar surface area (TPSA) is 41.6 Å². The van der Waals surface area contributed by atoms with Gasteiger partial charge in [-0.2, -0.15) is 0 Å². The quantitative estimate of drug-likeness (QED) is 0.783. The number of hydrogen-bond acceptors (Lipinski definition) is 3. The average Bonchev–Trinajstić information content (AvgIpc) is 2.32. The third-order valence-electron chi connectivity index (χ3n) is 3.70. The van der Waals surface area contributed by atoms with Crippen LogP contribution in [0.4, 0.5) is 0 Å². The molecule has 0 aromatic rings. The summed E-state index contributed by atoms with van der Waals surface area (Å²) in [5.41, 5.74) is 0. The molecule has 0 saturated carbocycles. The molecule has 18 heavy (non-hydrogen) atoms. The fraction of sp³-hybridized carbons (Fsp3) is 0.929. The molecule has 1 N–H and O–H groups in total. The molecule has 4 nitrogen and oxygen atoms in total. The third-order valence-corrected chi connectivity index (χ3v) is 3.70. The highest BCUT2D eigenvalue weighted by Crippen LogP contribution is 2.18. The molecule has 0 radical (unpaired) electrons. The predicted octanol–water partition coefficient (Wildman–Crippen LogP) is 1.51.